The Hall–Kier alpha value is -3.74. The van der Waals surface area contributed by atoms with Crippen LogP contribution in [0.4, 0.5) is 0 Å². The van der Waals surface area contributed by atoms with E-state index in [4.69, 9.17) is 14.2 Å². The Bertz CT molecular complexity index is 1200. The van der Waals surface area contributed by atoms with E-state index in [1.54, 1.807) is 13.3 Å². The molecular formula is C25H26N2O5. The number of esters is 1. The van der Waals surface area contributed by atoms with E-state index in [0.717, 1.165) is 16.7 Å². The highest BCUT2D eigenvalue weighted by Gasteiger charge is 2.27. The third kappa shape index (κ3) is 3.93. The highest BCUT2D eigenvalue weighted by Crippen LogP contribution is 2.39. The van der Waals surface area contributed by atoms with Crippen LogP contribution in [0.5, 0.6) is 11.5 Å². The zero-order chi connectivity index (χ0) is 22.8. The number of carbonyl (C=O) groups excluding carboxylic acids is 1. The molecule has 1 aliphatic heterocycles. The Morgan fingerprint density at radius 2 is 1.81 bits per heavy atom. The number of pyridine rings is 1. The van der Waals surface area contributed by atoms with Gasteiger partial charge in [0.05, 0.1) is 26.5 Å². The van der Waals surface area contributed by atoms with Gasteiger partial charge >= 0.3 is 5.97 Å². The summed E-state index contributed by atoms with van der Waals surface area (Å²) in [5, 5.41) is 2.08. The minimum absolute atomic E-state index is 0.000120. The lowest BCUT2D eigenvalue weighted by Crippen LogP contribution is -2.44. The molecule has 7 nitrogen and oxygen atoms in total. The molecule has 1 aliphatic rings. The van der Waals surface area contributed by atoms with Crippen LogP contribution in [-0.2, 0) is 17.9 Å². The molecule has 0 amide bonds. The first-order valence-corrected chi connectivity index (χ1v) is 10.4. The summed E-state index contributed by atoms with van der Waals surface area (Å²) in [6, 6.07) is 15.4. The molecule has 0 fully saturated rings. The minimum Gasteiger partial charge on any atom is -0.493 e. The van der Waals surface area contributed by atoms with Crippen molar-refractivity contribution in [3.8, 4) is 22.8 Å². The maximum atomic E-state index is 12.7. The van der Waals surface area contributed by atoms with Crippen molar-refractivity contribution < 1.29 is 19.0 Å². The van der Waals surface area contributed by atoms with Gasteiger partial charge in [-0.25, -0.2) is 4.79 Å². The topological polar surface area (TPSA) is 70.0 Å². The van der Waals surface area contributed by atoms with E-state index in [1.165, 1.54) is 13.2 Å². The van der Waals surface area contributed by atoms with Crippen LogP contribution < -0.4 is 19.9 Å². The molecule has 2 heterocycles. The van der Waals surface area contributed by atoms with Crippen LogP contribution in [0.1, 0.15) is 35.3 Å². The monoisotopic (exact) mass is 434 g/mol. The van der Waals surface area contributed by atoms with Gasteiger partial charge in [0.15, 0.2) is 16.9 Å². The van der Waals surface area contributed by atoms with Crippen LogP contribution in [0, 0.1) is 0 Å². The molecule has 2 aromatic carbocycles. The summed E-state index contributed by atoms with van der Waals surface area (Å²) < 4.78 is 18.3. The minimum atomic E-state index is -0.651. The molecule has 0 atom stereocenters. The summed E-state index contributed by atoms with van der Waals surface area (Å²) in [5.41, 5.74) is 3.23. The molecule has 4 rings (SSSR count). The highest BCUT2D eigenvalue weighted by atomic mass is 16.5. The standard InChI is InChI=1S/C25H26N2O5/c1-16(2)26-13-18-10-24(32-15-17-8-6-5-7-9-17)23(30-3)11-19(18)21-12-22(28)20(14-27(21)26)25(29)31-4/h5-12,14,16H,13,15H2,1-4H3. The first-order chi connectivity index (χ1) is 15.4. The van der Waals surface area contributed by atoms with E-state index in [2.05, 4.69) is 18.9 Å². The normalized spacial score (nSPS) is 12.2. The van der Waals surface area contributed by atoms with Gasteiger partial charge < -0.3 is 19.2 Å². The number of ether oxygens (including phenoxy) is 3. The molecular weight excluding hydrogens is 408 g/mol. The lowest BCUT2D eigenvalue weighted by Gasteiger charge is -2.38. The van der Waals surface area contributed by atoms with Crippen molar-refractivity contribution >= 4 is 5.97 Å². The molecule has 0 unspecified atom stereocenters. The van der Waals surface area contributed by atoms with Crippen LogP contribution in [0.3, 0.4) is 0 Å². The maximum Gasteiger partial charge on any atom is 0.343 e. The summed E-state index contributed by atoms with van der Waals surface area (Å²) in [5.74, 6) is 0.566. The average molecular weight is 434 g/mol. The molecule has 0 saturated heterocycles. The van der Waals surface area contributed by atoms with Crippen molar-refractivity contribution in [2.45, 2.75) is 33.0 Å². The molecule has 0 saturated carbocycles. The van der Waals surface area contributed by atoms with Crippen molar-refractivity contribution in [3.05, 3.63) is 81.6 Å². The molecule has 0 N–H and O–H groups in total. The molecule has 3 aromatic rings. The van der Waals surface area contributed by atoms with E-state index in [-0.39, 0.29) is 17.0 Å². The van der Waals surface area contributed by atoms with Crippen LogP contribution in [-0.4, -0.2) is 30.9 Å². The number of carbonyl (C=O) groups is 1. The van der Waals surface area contributed by atoms with E-state index < -0.39 is 5.97 Å². The van der Waals surface area contributed by atoms with Crippen LogP contribution in [0.15, 0.2) is 59.5 Å². The third-order valence-electron chi connectivity index (χ3n) is 5.54. The second kappa shape index (κ2) is 8.78. The maximum absolute atomic E-state index is 12.7. The van der Waals surface area contributed by atoms with Gasteiger partial charge in [-0.2, -0.15) is 0 Å². The number of fused-ring (bicyclic) bond motifs is 3. The number of methoxy groups -OCH3 is 2. The van der Waals surface area contributed by atoms with Crippen molar-refractivity contribution in [1.29, 1.82) is 0 Å². The van der Waals surface area contributed by atoms with Gasteiger partial charge in [0, 0.05) is 23.9 Å². The van der Waals surface area contributed by atoms with Crippen LogP contribution in [0.25, 0.3) is 11.3 Å². The predicted octanol–water partition coefficient (Wildman–Crippen LogP) is 3.75. The lowest BCUT2D eigenvalue weighted by molar-refractivity contribution is 0.0598. The average Bonchev–Trinajstić information content (AvgIpc) is 2.81. The van der Waals surface area contributed by atoms with Crippen molar-refractivity contribution in [3.63, 3.8) is 0 Å². The molecule has 0 spiro atoms. The van der Waals surface area contributed by atoms with Crippen molar-refractivity contribution in [2.75, 3.05) is 19.2 Å². The second-order valence-corrected chi connectivity index (χ2v) is 7.90. The van der Waals surface area contributed by atoms with Gasteiger partial charge in [0.25, 0.3) is 0 Å². The molecule has 0 aliphatic carbocycles. The number of aromatic nitrogens is 1. The molecule has 0 bridgehead atoms. The summed E-state index contributed by atoms with van der Waals surface area (Å²) >= 11 is 0. The highest BCUT2D eigenvalue weighted by molar-refractivity contribution is 5.89. The Morgan fingerprint density at radius 3 is 2.47 bits per heavy atom. The van der Waals surface area contributed by atoms with Gasteiger partial charge in [0.2, 0.25) is 0 Å². The van der Waals surface area contributed by atoms with Gasteiger partial charge in [-0.15, -0.1) is 0 Å². The van der Waals surface area contributed by atoms with E-state index in [9.17, 15) is 9.59 Å². The summed E-state index contributed by atoms with van der Waals surface area (Å²) in [4.78, 5) is 24.8. The number of benzene rings is 2. The molecule has 32 heavy (non-hydrogen) atoms. The largest absolute Gasteiger partial charge is 0.493 e. The van der Waals surface area contributed by atoms with Crippen LogP contribution >= 0.6 is 0 Å². The van der Waals surface area contributed by atoms with Crippen LogP contribution in [0.2, 0.25) is 0 Å². The third-order valence-corrected chi connectivity index (χ3v) is 5.54. The summed E-state index contributed by atoms with van der Waals surface area (Å²) in [6.07, 6.45) is 1.55. The summed E-state index contributed by atoms with van der Waals surface area (Å²) in [6.45, 7) is 5.11. The van der Waals surface area contributed by atoms with E-state index in [1.807, 2.05) is 47.1 Å². The number of hydrogen-bond donors (Lipinski definition) is 0. The lowest BCUT2D eigenvalue weighted by atomic mass is 9.99. The zero-order valence-electron chi connectivity index (χ0n) is 18.6. The fourth-order valence-electron chi connectivity index (χ4n) is 3.86. The number of nitrogens with zero attached hydrogens (tertiary/aromatic N) is 2. The number of rotatable bonds is 6. The van der Waals surface area contributed by atoms with Gasteiger partial charge in [-0.1, -0.05) is 30.3 Å². The first kappa shape index (κ1) is 21.5. The molecule has 1 aromatic heterocycles. The summed E-state index contributed by atoms with van der Waals surface area (Å²) in [7, 11) is 2.86. The Balaban J connectivity index is 1.80. The first-order valence-electron chi connectivity index (χ1n) is 10.4. The Morgan fingerprint density at radius 1 is 1.06 bits per heavy atom. The quantitative estimate of drug-likeness (QED) is 0.551. The van der Waals surface area contributed by atoms with E-state index in [0.29, 0.717) is 30.3 Å². The van der Waals surface area contributed by atoms with Gasteiger partial charge in [-0.05, 0) is 37.1 Å². The van der Waals surface area contributed by atoms with Crippen molar-refractivity contribution in [1.82, 2.24) is 4.68 Å². The molecule has 7 heteroatoms. The Labute approximate surface area is 186 Å². The van der Waals surface area contributed by atoms with Gasteiger partial charge in [-0.3, -0.25) is 9.47 Å². The fourth-order valence-corrected chi connectivity index (χ4v) is 3.86. The zero-order valence-corrected chi connectivity index (χ0v) is 18.6. The van der Waals surface area contributed by atoms with E-state index >= 15 is 0 Å². The van der Waals surface area contributed by atoms with Crippen molar-refractivity contribution in [2.24, 2.45) is 0 Å². The second-order valence-electron chi connectivity index (χ2n) is 7.90. The molecule has 0 radical (unpaired) electrons. The fraction of sp³-hybridized carbons (Fsp3) is 0.280. The molecule has 166 valence electrons. The Kier molecular flexibility index (Phi) is 5.90. The SMILES string of the molecule is COC(=O)c1cn2c(cc1=O)-c1cc(OC)c(OCc3ccccc3)cc1CN2C(C)C. The van der Waals surface area contributed by atoms with Gasteiger partial charge in [0.1, 0.15) is 12.2 Å². The number of hydrogen-bond acceptors (Lipinski definition) is 6. The predicted molar refractivity (Wildman–Crippen MR) is 122 cm³/mol. The smallest absolute Gasteiger partial charge is 0.343 e.